The molecule has 0 spiro atoms. The van der Waals surface area contributed by atoms with Crippen LogP contribution in [0, 0.1) is 6.92 Å². The van der Waals surface area contributed by atoms with E-state index in [1.165, 1.54) is 35.1 Å². The zero-order valence-electron chi connectivity index (χ0n) is 21.5. The third-order valence-corrected chi connectivity index (χ3v) is 8.55. The van der Waals surface area contributed by atoms with Crippen LogP contribution in [0.5, 0.6) is 0 Å². The van der Waals surface area contributed by atoms with E-state index in [1.54, 1.807) is 11.3 Å². The molecule has 4 aromatic rings. The van der Waals surface area contributed by atoms with Gasteiger partial charge in [-0.2, -0.15) is 0 Å². The molecule has 0 aliphatic rings. The molecule has 1 amide bonds. The summed E-state index contributed by atoms with van der Waals surface area (Å²) in [4.78, 5) is 26.9. The minimum absolute atomic E-state index is 0.130. The highest BCUT2D eigenvalue weighted by Crippen LogP contribution is 2.37. The van der Waals surface area contributed by atoms with Gasteiger partial charge >= 0.3 is 5.97 Å². The van der Waals surface area contributed by atoms with E-state index in [4.69, 9.17) is 4.74 Å². The summed E-state index contributed by atoms with van der Waals surface area (Å²) in [5, 5.41) is 16.9. The lowest BCUT2D eigenvalue weighted by Gasteiger charge is -2.13. The van der Waals surface area contributed by atoms with Gasteiger partial charge in [-0.25, -0.2) is 4.79 Å². The number of benzene rings is 1. The maximum absolute atomic E-state index is 12.9. The van der Waals surface area contributed by atoms with Gasteiger partial charge in [0.25, 0.3) is 0 Å². The Labute approximate surface area is 229 Å². The maximum atomic E-state index is 12.9. The fraction of sp³-hybridized carbons (Fsp3) is 0.333. The van der Waals surface area contributed by atoms with Crippen LogP contribution in [0.2, 0.25) is 0 Å². The van der Waals surface area contributed by atoms with Crippen LogP contribution in [-0.2, 0) is 16.0 Å². The quantitative estimate of drug-likeness (QED) is 0.166. The smallest absolute Gasteiger partial charge is 0.341 e. The van der Waals surface area contributed by atoms with Gasteiger partial charge in [0.05, 0.1) is 12.9 Å². The van der Waals surface area contributed by atoms with E-state index in [0.717, 1.165) is 40.9 Å². The summed E-state index contributed by atoms with van der Waals surface area (Å²) in [5.41, 5.74) is 4.17. The first-order valence-electron chi connectivity index (χ1n) is 12.0. The Morgan fingerprint density at radius 2 is 1.86 bits per heavy atom. The lowest BCUT2D eigenvalue weighted by atomic mass is 10.0. The lowest BCUT2D eigenvalue weighted by Crippen LogP contribution is -2.16. The number of aromatic nitrogens is 3. The molecule has 1 aromatic carbocycles. The Morgan fingerprint density at radius 3 is 2.54 bits per heavy atom. The largest absolute Gasteiger partial charge is 0.465 e. The highest BCUT2D eigenvalue weighted by Gasteiger charge is 2.23. The number of thiophene rings is 2. The van der Waals surface area contributed by atoms with Crippen LogP contribution in [0.4, 0.5) is 5.00 Å². The van der Waals surface area contributed by atoms with Crippen LogP contribution in [0.3, 0.4) is 0 Å². The lowest BCUT2D eigenvalue weighted by molar-refractivity contribution is -0.113. The molecule has 0 atom stereocenters. The number of hydrogen-bond acceptors (Lipinski definition) is 8. The normalized spacial score (nSPS) is 11.2. The first kappa shape index (κ1) is 27.1. The number of anilines is 1. The van der Waals surface area contributed by atoms with E-state index >= 15 is 0 Å². The SMILES string of the molecule is CCCc1cc(-c2nnc(SCC(=O)Nc3scc(-c4ccc(C)cc4)c3C(=O)OC)n2C(C)C)cs1. The third-order valence-electron chi connectivity index (χ3n) is 5.72. The average molecular weight is 555 g/mol. The van der Waals surface area contributed by atoms with E-state index < -0.39 is 5.97 Å². The number of thioether (sulfide) groups is 1. The molecule has 194 valence electrons. The summed E-state index contributed by atoms with van der Waals surface area (Å²) in [6.45, 7) is 8.34. The van der Waals surface area contributed by atoms with E-state index in [2.05, 4.69) is 52.3 Å². The van der Waals surface area contributed by atoms with Crippen molar-refractivity contribution in [3.8, 4) is 22.5 Å². The van der Waals surface area contributed by atoms with Crippen LogP contribution < -0.4 is 5.32 Å². The summed E-state index contributed by atoms with van der Waals surface area (Å²) in [7, 11) is 1.34. The average Bonchev–Trinajstić information content (AvgIpc) is 3.61. The molecule has 0 saturated heterocycles. The molecule has 0 saturated carbocycles. The van der Waals surface area contributed by atoms with Crippen molar-refractivity contribution in [3.05, 3.63) is 57.1 Å². The molecule has 0 radical (unpaired) electrons. The molecule has 10 heteroatoms. The predicted molar refractivity (Wildman–Crippen MR) is 153 cm³/mol. The maximum Gasteiger partial charge on any atom is 0.341 e. The Kier molecular flexibility index (Phi) is 8.83. The van der Waals surface area contributed by atoms with E-state index in [1.807, 2.05) is 36.6 Å². The van der Waals surface area contributed by atoms with Crippen molar-refractivity contribution in [2.75, 3.05) is 18.2 Å². The summed E-state index contributed by atoms with van der Waals surface area (Å²) in [6.07, 6.45) is 2.14. The number of carbonyl (C=O) groups excluding carboxylic acids is 2. The summed E-state index contributed by atoms with van der Waals surface area (Å²) < 4.78 is 7.09. The van der Waals surface area contributed by atoms with Crippen LogP contribution in [-0.4, -0.2) is 39.5 Å². The van der Waals surface area contributed by atoms with Crippen molar-refractivity contribution in [3.63, 3.8) is 0 Å². The third kappa shape index (κ3) is 6.14. The number of ether oxygens (including phenoxy) is 1. The molecule has 0 aliphatic heterocycles. The molecule has 0 fully saturated rings. The van der Waals surface area contributed by atoms with Gasteiger partial charge in [-0.15, -0.1) is 32.9 Å². The highest BCUT2D eigenvalue weighted by atomic mass is 32.2. The molecule has 0 bridgehead atoms. The van der Waals surface area contributed by atoms with Crippen molar-refractivity contribution < 1.29 is 14.3 Å². The van der Waals surface area contributed by atoms with Gasteiger partial charge in [-0.3, -0.25) is 9.36 Å². The number of methoxy groups -OCH3 is 1. The van der Waals surface area contributed by atoms with Gasteiger partial charge in [-0.1, -0.05) is 54.9 Å². The minimum atomic E-state index is -0.484. The fourth-order valence-corrected chi connectivity index (χ4v) is 6.72. The zero-order valence-corrected chi connectivity index (χ0v) is 24.0. The minimum Gasteiger partial charge on any atom is -0.465 e. The van der Waals surface area contributed by atoms with Gasteiger partial charge in [0, 0.05) is 32.8 Å². The fourth-order valence-electron chi connectivity index (χ4n) is 3.91. The monoisotopic (exact) mass is 554 g/mol. The van der Waals surface area contributed by atoms with Crippen molar-refractivity contribution in [1.82, 2.24) is 14.8 Å². The van der Waals surface area contributed by atoms with Crippen molar-refractivity contribution >= 4 is 51.3 Å². The molecule has 1 N–H and O–H groups in total. The van der Waals surface area contributed by atoms with E-state index in [0.29, 0.717) is 15.7 Å². The van der Waals surface area contributed by atoms with Gasteiger partial charge in [0.2, 0.25) is 5.91 Å². The number of rotatable bonds is 10. The Hall–Kier alpha value is -2.95. The predicted octanol–water partition coefficient (Wildman–Crippen LogP) is 7.09. The van der Waals surface area contributed by atoms with Crippen LogP contribution in [0.1, 0.15) is 54.0 Å². The number of amides is 1. The number of nitrogens with zero attached hydrogens (tertiary/aromatic N) is 3. The molecule has 0 aliphatic carbocycles. The number of carbonyl (C=O) groups is 2. The molecule has 4 rings (SSSR count). The molecular formula is C27H30N4O3S3. The first-order chi connectivity index (χ1) is 17.8. The van der Waals surface area contributed by atoms with Crippen molar-refractivity contribution in [1.29, 1.82) is 0 Å². The number of esters is 1. The number of aryl methyl sites for hydroxylation is 2. The van der Waals surface area contributed by atoms with Gasteiger partial charge in [-0.05, 0) is 38.8 Å². The Bertz CT molecular complexity index is 1390. The molecular weight excluding hydrogens is 525 g/mol. The molecule has 3 aromatic heterocycles. The second-order valence-electron chi connectivity index (χ2n) is 8.87. The topological polar surface area (TPSA) is 86.1 Å². The van der Waals surface area contributed by atoms with Crippen LogP contribution in [0.25, 0.3) is 22.5 Å². The highest BCUT2D eigenvalue weighted by molar-refractivity contribution is 7.99. The molecule has 0 unspecified atom stereocenters. The van der Waals surface area contributed by atoms with Gasteiger partial charge in [0.1, 0.15) is 10.6 Å². The summed E-state index contributed by atoms with van der Waals surface area (Å²) in [6, 6.07) is 10.2. The summed E-state index contributed by atoms with van der Waals surface area (Å²) >= 11 is 4.38. The molecule has 37 heavy (non-hydrogen) atoms. The zero-order chi connectivity index (χ0) is 26.5. The number of hydrogen-bond donors (Lipinski definition) is 1. The van der Waals surface area contributed by atoms with E-state index in [-0.39, 0.29) is 17.7 Å². The molecule has 3 heterocycles. The standard InChI is InChI=1S/C27H30N4O3S3/c1-6-7-20-12-19(13-35-20)24-29-30-27(31(24)16(2)3)37-15-22(32)28-25-23(26(33)34-5)21(14-36-25)18-10-8-17(4)9-11-18/h8-14,16H,6-7,15H2,1-5H3,(H,28,32). The second-order valence-corrected chi connectivity index (χ2v) is 11.7. The van der Waals surface area contributed by atoms with Crippen molar-refractivity contribution in [2.45, 2.75) is 51.7 Å². The van der Waals surface area contributed by atoms with Crippen molar-refractivity contribution in [2.24, 2.45) is 0 Å². The van der Waals surface area contributed by atoms with Gasteiger partial charge in [0.15, 0.2) is 11.0 Å². The Morgan fingerprint density at radius 1 is 1.11 bits per heavy atom. The van der Waals surface area contributed by atoms with Crippen LogP contribution in [0.15, 0.2) is 46.2 Å². The molecule has 7 nitrogen and oxygen atoms in total. The second kappa shape index (κ2) is 12.1. The van der Waals surface area contributed by atoms with E-state index in [9.17, 15) is 9.59 Å². The Balaban J connectivity index is 1.51. The number of nitrogens with one attached hydrogen (secondary N) is 1. The summed E-state index contributed by atoms with van der Waals surface area (Å²) in [5.74, 6) is 0.231. The van der Waals surface area contributed by atoms with Gasteiger partial charge < -0.3 is 10.1 Å². The van der Waals surface area contributed by atoms with Crippen LogP contribution >= 0.6 is 34.4 Å². The first-order valence-corrected chi connectivity index (χ1v) is 14.8.